The van der Waals surface area contributed by atoms with E-state index < -0.39 is 17.8 Å². The number of benzene rings is 2. The molecule has 2 aromatic carbocycles. The maximum Gasteiger partial charge on any atom is 0.311 e. The molecule has 0 fully saturated rings. The second-order valence-corrected chi connectivity index (χ2v) is 5.66. The van der Waals surface area contributed by atoms with Crippen LogP contribution in [-0.4, -0.2) is 29.9 Å². The molecule has 0 aliphatic heterocycles. The third-order valence-electron chi connectivity index (χ3n) is 3.89. The number of nitrogens with one attached hydrogen (secondary N) is 2. The van der Waals surface area contributed by atoms with Gasteiger partial charge in [0, 0.05) is 24.7 Å². The highest BCUT2D eigenvalue weighted by Crippen LogP contribution is 2.22. The summed E-state index contributed by atoms with van der Waals surface area (Å²) in [5.41, 5.74) is 2.26. The fourth-order valence-electron chi connectivity index (χ4n) is 2.46. The van der Waals surface area contributed by atoms with E-state index in [1.54, 1.807) is 55.5 Å². The van der Waals surface area contributed by atoms with Crippen LogP contribution in [0.15, 0.2) is 48.5 Å². The van der Waals surface area contributed by atoms with Crippen molar-refractivity contribution in [3.63, 3.8) is 0 Å². The zero-order valence-electron chi connectivity index (χ0n) is 14.1. The molecule has 2 rings (SSSR count). The zero-order valence-corrected chi connectivity index (χ0v) is 14.1. The Labute approximate surface area is 145 Å². The Bertz CT molecular complexity index is 787. The molecule has 0 aliphatic carbocycles. The number of carbonyl (C=O) groups is 3. The van der Waals surface area contributed by atoms with E-state index in [0.29, 0.717) is 16.8 Å². The summed E-state index contributed by atoms with van der Waals surface area (Å²) < 4.78 is 0. The first-order valence-electron chi connectivity index (χ1n) is 7.82. The van der Waals surface area contributed by atoms with E-state index in [9.17, 15) is 19.5 Å². The smallest absolute Gasteiger partial charge is 0.311 e. The molecule has 6 heteroatoms. The van der Waals surface area contributed by atoms with Gasteiger partial charge in [-0.1, -0.05) is 36.4 Å². The van der Waals surface area contributed by atoms with Crippen LogP contribution in [0.2, 0.25) is 0 Å². The summed E-state index contributed by atoms with van der Waals surface area (Å²) in [6.45, 7) is 1.80. The van der Waals surface area contributed by atoms with Gasteiger partial charge in [-0.3, -0.25) is 14.4 Å². The van der Waals surface area contributed by atoms with Crippen LogP contribution in [0.3, 0.4) is 0 Å². The van der Waals surface area contributed by atoms with Gasteiger partial charge in [0.2, 0.25) is 5.91 Å². The molecule has 1 atom stereocenters. The van der Waals surface area contributed by atoms with Crippen LogP contribution in [0.25, 0.3) is 0 Å². The van der Waals surface area contributed by atoms with Crippen molar-refractivity contribution in [1.82, 2.24) is 5.32 Å². The first-order chi connectivity index (χ1) is 11.9. The van der Waals surface area contributed by atoms with Crippen molar-refractivity contribution in [1.29, 1.82) is 0 Å². The molecule has 25 heavy (non-hydrogen) atoms. The number of hydrogen-bond acceptors (Lipinski definition) is 3. The number of aliphatic carboxylic acids is 1. The minimum Gasteiger partial charge on any atom is -0.481 e. The van der Waals surface area contributed by atoms with Gasteiger partial charge in [-0.25, -0.2) is 0 Å². The zero-order chi connectivity index (χ0) is 18.4. The summed E-state index contributed by atoms with van der Waals surface area (Å²) in [5.74, 6) is -2.67. The molecule has 0 radical (unpaired) electrons. The average molecular weight is 340 g/mol. The van der Waals surface area contributed by atoms with Crippen LogP contribution in [0.4, 0.5) is 5.69 Å². The number of amides is 2. The molecule has 0 heterocycles. The quantitative estimate of drug-likeness (QED) is 0.753. The highest BCUT2D eigenvalue weighted by atomic mass is 16.4. The van der Waals surface area contributed by atoms with E-state index in [0.717, 1.165) is 5.56 Å². The maximum atomic E-state index is 12.3. The van der Waals surface area contributed by atoms with Gasteiger partial charge in [0.1, 0.15) is 0 Å². The van der Waals surface area contributed by atoms with Crippen LogP contribution in [0.1, 0.15) is 33.8 Å². The maximum absolute atomic E-state index is 12.3. The van der Waals surface area contributed by atoms with E-state index >= 15 is 0 Å². The molecule has 0 aliphatic rings. The Morgan fingerprint density at radius 1 is 1.08 bits per heavy atom. The minimum atomic E-state index is -1.06. The minimum absolute atomic E-state index is 0.191. The molecule has 0 saturated heterocycles. The summed E-state index contributed by atoms with van der Waals surface area (Å²) >= 11 is 0. The number of aryl methyl sites for hydroxylation is 1. The summed E-state index contributed by atoms with van der Waals surface area (Å²) in [6, 6.07) is 13.6. The van der Waals surface area contributed by atoms with Crippen LogP contribution in [0, 0.1) is 6.92 Å². The van der Waals surface area contributed by atoms with E-state index in [-0.39, 0.29) is 12.3 Å². The number of hydrogen-bond donors (Lipinski definition) is 3. The van der Waals surface area contributed by atoms with E-state index in [1.165, 1.54) is 7.05 Å². The monoisotopic (exact) mass is 340 g/mol. The summed E-state index contributed by atoms with van der Waals surface area (Å²) in [6.07, 6.45) is -0.191. The molecule has 130 valence electrons. The van der Waals surface area contributed by atoms with Crippen molar-refractivity contribution in [3.8, 4) is 0 Å². The van der Waals surface area contributed by atoms with Gasteiger partial charge in [-0.15, -0.1) is 0 Å². The van der Waals surface area contributed by atoms with Gasteiger partial charge in [0.15, 0.2) is 0 Å². The van der Waals surface area contributed by atoms with Gasteiger partial charge in [0.25, 0.3) is 5.91 Å². The third-order valence-corrected chi connectivity index (χ3v) is 3.89. The summed E-state index contributed by atoms with van der Waals surface area (Å²) in [5, 5.41) is 14.6. The van der Waals surface area contributed by atoms with Crippen molar-refractivity contribution < 1.29 is 19.5 Å². The van der Waals surface area contributed by atoms with Crippen molar-refractivity contribution >= 4 is 23.5 Å². The Kier molecular flexibility index (Phi) is 5.89. The molecule has 2 amide bonds. The second-order valence-electron chi connectivity index (χ2n) is 5.66. The molecule has 6 nitrogen and oxygen atoms in total. The number of anilines is 1. The Hall–Kier alpha value is -3.15. The number of rotatable bonds is 6. The Morgan fingerprint density at radius 2 is 1.76 bits per heavy atom. The fourth-order valence-corrected chi connectivity index (χ4v) is 2.46. The van der Waals surface area contributed by atoms with E-state index in [4.69, 9.17) is 0 Å². The molecular weight excluding hydrogens is 320 g/mol. The van der Waals surface area contributed by atoms with Gasteiger partial charge < -0.3 is 15.7 Å². The molecule has 0 bridgehead atoms. The van der Waals surface area contributed by atoms with E-state index in [1.807, 2.05) is 0 Å². The predicted molar refractivity (Wildman–Crippen MR) is 94.6 cm³/mol. The molecule has 3 N–H and O–H groups in total. The lowest BCUT2D eigenvalue weighted by molar-refractivity contribution is -0.140. The molecule has 2 aromatic rings. The normalized spacial score (nSPS) is 11.4. The molecule has 0 spiro atoms. The fraction of sp³-hybridized carbons (Fsp3) is 0.211. The molecule has 0 aromatic heterocycles. The SMILES string of the molecule is CNC(=O)c1ccc(C)c(NC(=O)C[C@H](C(=O)O)c2ccccc2)c1. The van der Waals surface area contributed by atoms with Gasteiger partial charge >= 0.3 is 5.97 Å². The van der Waals surface area contributed by atoms with Gasteiger partial charge in [-0.05, 0) is 30.2 Å². The standard InChI is InChI=1S/C19H20N2O4/c1-12-8-9-14(18(23)20-2)10-16(12)21-17(22)11-15(19(24)25)13-6-4-3-5-7-13/h3-10,15H,11H2,1-2H3,(H,20,23)(H,21,22)(H,24,25)/t15-/m0/s1. The molecule has 0 saturated carbocycles. The number of carbonyl (C=O) groups excluding carboxylic acids is 2. The number of carboxylic acids is 1. The first kappa shape index (κ1) is 18.2. The molecular formula is C19H20N2O4. The molecule has 0 unspecified atom stereocenters. The average Bonchev–Trinajstić information content (AvgIpc) is 2.61. The van der Waals surface area contributed by atoms with Crippen LogP contribution < -0.4 is 10.6 Å². The van der Waals surface area contributed by atoms with Crippen molar-refractivity contribution in [2.75, 3.05) is 12.4 Å². The third kappa shape index (κ3) is 4.67. The summed E-state index contributed by atoms with van der Waals surface area (Å²) in [4.78, 5) is 35.5. The van der Waals surface area contributed by atoms with Crippen molar-refractivity contribution in [3.05, 3.63) is 65.2 Å². The van der Waals surface area contributed by atoms with Crippen molar-refractivity contribution in [2.45, 2.75) is 19.3 Å². The Balaban J connectivity index is 2.16. The van der Waals surface area contributed by atoms with Crippen LogP contribution in [-0.2, 0) is 9.59 Å². The van der Waals surface area contributed by atoms with Crippen molar-refractivity contribution in [2.24, 2.45) is 0 Å². The Morgan fingerprint density at radius 3 is 2.36 bits per heavy atom. The topological polar surface area (TPSA) is 95.5 Å². The van der Waals surface area contributed by atoms with Crippen LogP contribution in [0.5, 0.6) is 0 Å². The summed E-state index contributed by atoms with van der Waals surface area (Å²) in [7, 11) is 1.53. The number of carboxylic acid groups (broad SMARTS) is 1. The van der Waals surface area contributed by atoms with Gasteiger partial charge in [-0.2, -0.15) is 0 Å². The van der Waals surface area contributed by atoms with E-state index in [2.05, 4.69) is 10.6 Å². The second kappa shape index (κ2) is 8.10. The van der Waals surface area contributed by atoms with Crippen LogP contribution >= 0.6 is 0 Å². The lowest BCUT2D eigenvalue weighted by atomic mass is 9.95. The predicted octanol–water partition coefficient (Wildman–Crippen LogP) is 2.55. The largest absolute Gasteiger partial charge is 0.481 e. The first-order valence-corrected chi connectivity index (χ1v) is 7.82. The van der Waals surface area contributed by atoms with Gasteiger partial charge in [0.05, 0.1) is 5.92 Å². The lowest BCUT2D eigenvalue weighted by Crippen LogP contribution is -2.22. The lowest BCUT2D eigenvalue weighted by Gasteiger charge is -2.14. The highest BCUT2D eigenvalue weighted by Gasteiger charge is 2.23. The highest BCUT2D eigenvalue weighted by molar-refractivity contribution is 5.98.